The van der Waals surface area contributed by atoms with E-state index >= 15 is 0 Å². The fourth-order valence-corrected chi connectivity index (χ4v) is 0. The minimum absolute atomic E-state index is 0. The first-order chi connectivity index (χ1) is 6.00. The zero-order valence-corrected chi connectivity index (χ0v) is 13.5. The third-order valence-corrected chi connectivity index (χ3v) is 0. The first-order valence-corrected chi connectivity index (χ1v) is 5.55. The van der Waals surface area contributed by atoms with Gasteiger partial charge in [0, 0.05) is 0 Å². The molecule has 152 valence electrons. The van der Waals surface area contributed by atoms with Crippen LogP contribution in [0.1, 0.15) is 0 Å². The summed E-state index contributed by atoms with van der Waals surface area (Å²) in [6.07, 6.45) is 0. The Kier molecular flexibility index (Phi) is 81.0. The first kappa shape index (κ1) is 65.4. The van der Waals surface area contributed by atoms with Crippen LogP contribution < -0.4 is 55.9 Å². The predicted molar refractivity (Wildman–Crippen MR) is 21.7 cm³/mol. The summed E-state index contributed by atoms with van der Waals surface area (Å²) in [4.78, 5) is 0. The van der Waals surface area contributed by atoms with Gasteiger partial charge in [-0.2, -0.15) is 0 Å². The van der Waals surface area contributed by atoms with Crippen LogP contribution in [-0.4, -0.2) is 32.9 Å². The summed E-state index contributed by atoms with van der Waals surface area (Å²) < 4.78 is 102. The average Bonchev–Trinajstić information content (AvgIpc) is 1.41. The zero-order valence-electron chi connectivity index (χ0n) is 9.33. The van der Waals surface area contributed by atoms with Crippen molar-refractivity contribution >= 4 is 0 Å². The van der Waals surface area contributed by atoms with E-state index in [2.05, 4.69) is 0 Å². The summed E-state index contributed by atoms with van der Waals surface area (Å²) in [6.45, 7) is 0. The van der Waals surface area contributed by atoms with E-state index in [-0.39, 0.29) is 70.6 Å². The molecule has 0 spiro atoms. The first-order valence-electron chi connectivity index (χ1n) is 1.85. The normalized spacial score (nSPS) is 8.18. The second-order valence-corrected chi connectivity index (χ2v) is 3.40. The molecule has 0 bridgehead atoms. The van der Waals surface area contributed by atoms with E-state index in [4.69, 9.17) is 55.9 Å². The van der Waals surface area contributed by atoms with E-state index < -0.39 is 30.7 Å². The molecule has 0 fully saturated rings. The molecule has 0 saturated heterocycles. The molecule has 12 N–H and O–H groups in total. The van der Waals surface area contributed by atoms with Gasteiger partial charge in [0.05, 0.1) is 0 Å². The summed E-state index contributed by atoms with van der Waals surface area (Å²) in [5, 5.41) is 0. The molecule has 0 atom stereocenters. The van der Waals surface area contributed by atoms with E-state index in [1.54, 1.807) is 0 Å². The van der Waals surface area contributed by atoms with Gasteiger partial charge in [-0.3, -0.25) is 0 Å². The number of rotatable bonds is 0. The molecule has 0 aliphatic rings. The number of hydrogen-bond acceptors (Lipinski definition) is 12. The Morgan fingerprint density at radius 3 is 0.273 bits per heavy atom. The monoisotopic (exact) mass is 570 g/mol. The van der Waals surface area contributed by atoms with Gasteiger partial charge in [-0.15, -0.1) is 30.7 Å². The van der Waals surface area contributed by atoms with Gasteiger partial charge in [-0.25, -0.2) is 55.9 Å². The van der Waals surface area contributed by atoms with Crippen LogP contribution in [0.4, 0.5) is 0 Å². The minimum atomic E-state index is -4.94. The zero-order chi connectivity index (χ0) is 13.5. The molecular weight excluding hydrogens is 559 g/mol. The van der Waals surface area contributed by atoms with Crippen molar-refractivity contribution in [2.24, 2.45) is 0 Å². The Hall–Kier alpha value is 1.41. The van der Waals surface area contributed by atoms with E-state index in [0.29, 0.717) is 0 Å². The molecule has 0 aromatic heterocycles. The summed E-state index contributed by atoms with van der Waals surface area (Å²) in [5.41, 5.74) is 0. The third-order valence-electron chi connectivity index (χ3n) is 0. The van der Waals surface area contributed by atoms with Gasteiger partial charge in [0.1, 0.15) is 0 Å². The SMILES string of the molecule is O.O.O.O.O.O.[Ho+3].[O-][Cl+3]([O-])([O-])[O-].[O-][Cl+3]([O-])([O-])[O-].[O-][Cl+3]([O-])([O-])[O-]. The Morgan fingerprint density at radius 2 is 0.273 bits per heavy atom. The van der Waals surface area contributed by atoms with Crippen molar-refractivity contribution in [2.75, 3.05) is 0 Å². The standard InChI is InChI=1S/3ClHO4.Ho.6H2O/c3*2-1(3,4)5;;;;;;;/h3*(H,2,3,4,5);;6*1H2/q;;;+3;;;;;;/p-3. The topological polar surface area (TPSA) is 466 Å². The molecule has 0 aliphatic carbocycles. The van der Waals surface area contributed by atoms with Crippen LogP contribution in [0, 0.1) is 68.5 Å². The molecule has 0 unspecified atom stereocenters. The minimum Gasteiger partial charge on any atom is -0.412 e. The Labute approximate surface area is 156 Å². The van der Waals surface area contributed by atoms with Gasteiger partial charge >= 0.3 is 37.7 Å². The van der Waals surface area contributed by atoms with Crippen LogP contribution in [0.25, 0.3) is 0 Å². The van der Waals surface area contributed by atoms with Gasteiger partial charge in [0.2, 0.25) is 0 Å². The number of halogens is 3. The molecule has 18 nitrogen and oxygen atoms in total. The van der Waals surface area contributed by atoms with Crippen LogP contribution in [0.15, 0.2) is 0 Å². The van der Waals surface area contributed by atoms with E-state index in [1.165, 1.54) is 0 Å². The van der Waals surface area contributed by atoms with Gasteiger partial charge in [-0.1, -0.05) is 0 Å². The van der Waals surface area contributed by atoms with Gasteiger partial charge in [-0.05, 0) is 0 Å². The maximum atomic E-state index is 8.49. The Bertz CT molecular complexity index is 93.4. The Morgan fingerprint density at radius 1 is 0.273 bits per heavy atom. The van der Waals surface area contributed by atoms with Gasteiger partial charge in [0.15, 0.2) is 0 Å². The molecule has 0 aromatic carbocycles. The maximum absolute atomic E-state index is 8.49. The van der Waals surface area contributed by atoms with Crippen molar-refractivity contribution < 1.29 is 157 Å². The summed E-state index contributed by atoms with van der Waals surface area (Å²) >= 11 is 0. The second kappa shape index (κ2) is 27.3. The molecule has 0 amide bonds. The van der Waals surface area contributed by atoms with Gasteiger partial charge in [0.25, 0.3) is 0 Å². The molecule has 0 rings (SSSR count). The molecule has 0 aliphatic heterocycles. The van der Waals surface area contributed by atoms with Crippen molar-refractivity contribution in [3.05, 3.63) is 0 Å². The second-order valence-electron chi connectivity index (χ2n) is 1.13. The smallest absolute Gasteiger partial charge is 0.412 e. The van der Waals surface area contributed by atoms with E-state index in [9.17, 15) is 0 Å². The van der Waals surface area contributed by atoms with E-state index in [1.807, 2.05) is 0 Å². The van der Waals surface area contributed by atoms with Crippen molar-refractivity contribution in [2.45, 2.75) is 0 Å². The molecule has 22 heteroatoms. The molecule has 0 radical (unpaired) electrons. The predicted octanol–water partition coefficient (Wildman–Crippen LogP) is -19.2. The van der Waals surface area contributed by atoms with Crippen LogP contribution in [0.3, 0.4) is 0 Å². The number of hydrogen-bond donors (Lipinski definition) is 0. The fourth-order valence-electron chi connectivity index (χ4n) is 0. The molecular formula is H12Cl3HoO18. The van der Waals surface area contributed by atoms with Crippen LogP contribution in [-0.2, 0) is 0 Å². The Balaban J connectivity index is -0.0000000106. The van der Waals surface area contributed by atoms with Crippen molar-refractivity contribution in [3.8, 4) is 0 Å². The van der Waals surface area contributed by atoms with Crippen molar-refractivity contribution in [1.82, 2.24) is 0 Å². The molecule has 0 saturated carbocycles. The van der Waals surface area contributed by atoms with Gasteiger partial charge < -0.3 is 32.9 Å². The average molecular weight is 571 g/mol. The van der Waals surface area contributed by atoms with Crippen molar-refractivity contribution in [1.29, 1.82) is 0 Å². The maximum Gasteiger partial charge on any atom is 3.00 e. The van der Waals surface area contributed by atoms with Crippen LogP contribution >= 0.6 is 0 Å². The fraction of sp³-hybridized carbons (Fsp3) is 0. The summed E-state index contributed by atoms with van der Waals surface area (Å²) in [7, 11) is -14.8. The molecule has 0 aromatic rings. The van der Waals surface area contributed by atoms with Crippen LogP contribution in [0.2, 0.25) is 0 Å². The largest absolute Gasteiger partial charge is 3.00 e. The van der Waals surface area contributed by atoms with E-state index in [0.717, 1.165) is 0 Å². The summed E-state index contributed by atoms with van der Waals surface area (Å²) in [5.74, 6) is 0. The molecule has 0 heterocycles. The third kappa shape index (κ3) is 4490. The summed E-state index contributed by atoms with van der Waals surface area (Å²) in [6, 6.07) is 0. The van der Waals surface area contributed by atoms with Crippen molar-refractivity contribution in [3.63, 3.8) is 0 Å². The quantitative estimate of drug-likeness (QED) is 0.244. The molecule has 22 heavy (non-hydrogen) atoms. The van der Waals surface area contributed by atoms with Crippen LogP contribution in [0.5, 0.6) is 0 Å².